The maximum atomic E-state index is 13.3. The van der Waals surface area contributed by atoms with E-state index in [0.29, 0.717) is 28.0 Å². The van der Waals surface area contributed by atoms with Gasteiger partial charge in [-0.1, -0.05) is 25.4 Å². The molecule has 0 aliphatic heterocycles. The number of amides is 2. The van der Waals surface area contributed by atoms with Crippen LogP contribution in [0.5, 0.6) is 0 Å². The molecule has 14 heteroatoms. The van der Waals surface area contributed by atoms with Crippen molar-refractivity contribution in [3.8, 4) is 0 Å². The SMILES string of the molecule is CCN(CC)CCCC(C)N(C(=O)NC(P(=O)(O)O)P(=O)(O)O)c1ccnc2cc(Cl)ccc12. The van der Waals surface area contributed by atoms with Gasteiger partial charge in [0.1, 0.15) is 0 Å². The van der Waals surface area contributed by atoms with Crippen LogP contribution in [-0.2, 0) is 9.13 Å². The molecule has 0 fully saturated rings. The third-order valence-electron chi connectivity index (χ3n) is 5.48. The second-order valence-corrected chi connectivity index (χ2v) is 12.1. The number of urea groups is 1. The normalized spacial score (nSPS) is 13.5. The molecule has 0 radical (unpaired) electrons. The number of halogens is 1. The number of fused-ring (bicyclic) bond motifs is 1. The third-order valence-corrected chi connectivity index (χ3v) is 9.05. The van der Waals surface area contributed by atoms with E-state index in [1.807, 2.05) is 19.2 Å². The highest BCUT2D eigenvalue weighted by molar-refractivity contribution is 7.70. The summed E-state index contributed by atoms with van der Waals surface area (Å²) >= 11 is 6.06. The summed E-state index contributed by atoms with van der Waals surface area (Å²) in [6, 6.07) is 4.91. The van der Waals surface area contributed by atoms with Crippen LogP contribution in [0.2, 0.25) is 5.02 Å². The molecule has 1 atom stereocenters. The van der Waals surface area contributed by atoms with Gasteiger partial charge in [0, 0.05) is 22.6 Å². The maximum Gasteiger partial charge on any atom is 0.360 e. The molecule has 1 unspecified atom stereocenters. The summed E-state index contributed by atoms with van der Waals surface area (Å²) in [5.41, 5.74) is -1.82. The van der Waals surface area contributed by atoms with Crippen LogP contribution in [0.1, 0.15) is 33.6 Å². The van der Waals surface area contributed by atoms with Gasteiger partial charge < -0.3 is 29.8 Å². The summed E-state index contributed by atoms with van der Waals surface area (Å²) in [5.74, 6) is 0. The van der Waals surface area contributed by atoms with Crippen molar-refractivity contribution < 1.29 is 33.5 Å². The number of hydrogen-bond acceptors (Lipinski definition) is 5. The van der Waals surface area contributed by atoms with E-state index < -0.39 is 32.8 Å². The topological polar surface area (TPSA) is 164 Å². The molecular weight excluding hydrogens is 506 g/mol. The number of benzene rings is 1. The summed E-state index contributed by atoms with van der Waals surface area (Å²) in [6.45, 7) is 8.38. The fraction of sp³-hybridized carbons (Fsp3) is 0.500. The Labute approximate surface area is 203 Å². The van der Waals surface area contributed by atoms with E-state index in [4.69, 9.17) is 11.6 Å². The molecule has 0 saturated carbocycles. The van der Waals surface area contributed by atoms with E-state index in [-0.39, 0.29) is 0 Å². The molecule has 0 aliphatic rings. The molecule has 2 amide bonds. The second kappa shape index (κ2) is 11.9. The van der Waals surface area contributed by atoms with Gasteiger partial charge in [0.15, 0.2) is 0 Å². The molecule has 0 aliphatic carbocycles. The van der Waals surface area contributed by atoms with Crippen LogP contribution in [0.15, 0.2) is 30.5 Å². The van der Waals surface area contributed by atoms with Crippen molar-refractivity contribution in [3.63, 3.8) is 0 Å². The molecule has 0 bridgehead atoms. The van der Waals surface area contributed by atoms with Gasteiger partial charge in [0.25, 0.3) is 0 Å². The highest BCUT2D eigenvalue weighted by Crippen LogP contribution is 2.58. The van der Waals surface area contributed by atoms with E-state index in [0.717, 1.165) is 26.1 Å². The zero-order chi connectivity index (χ0) is 25.7. The maximum absolute atomic E-state index is 13.3. The zero-order valence-corrected chi connectivity index (χ0v) is 21.7. The van der Waals surface area contributed by atoms with Crippen molar-refractivity contribution in [1.29, 1.82) is 0 Å². The summed E-state index contributed by atoms with van der Waals surface area (Å²) in [4.78, 5) is 58.9. The van der Waals surface area contributed by atoms with Crippen molar-refractivity contribution in [2.24, 2.45) is 0 Å². The predicted octanol–water partition coefficient (Wildman–Crippen LogP) is 3.55. The molecule has 2 aromatic rings. The lowest BCUT2D eigenvalue weighted by Crippen LogP contribution is -2.49. The van der Waals surface area contributed by atoms with Gasteiger partial charge in [-0.05, 0) is 63.7 Å². The molecule has 11 nitrogen and oxygen atoms in total. The van der Waals surface area contributed by atoms with Crippen LogP contribution in [-0.4, -0.2) is 66.7 Å². The number of nitrogens with zero attached hydrogens (tertiary/aromatic N) is 3. The lowest BCUT2D eigenvalue weighted by molar-refractivity contribution is 0.239. The molecule has 1 heterocycles. The number of pyridine rings is 1. The van der Waals surface area contributed by atoms with Crippen molar-refractivity contribution in [2.75, 3.05) is 24.5 Å². The number of nitrogens with one attached hydrogen (secondary N) is 1. The van der Waals surface area contributed by atoms with E-state index >= 15 is 0 Å². The van der Waals surface area contributed by atoms with Gasteiger partial charge in [-0.3, -0.25) is 19.0 Å². The minimum absolute atomic E-state index is 0.365. The minimum atomic E-state index is -5.37. The fourth-order valence-electron chi connectivity index (χ4n) is 3.69. The van der Waals surface area contributed by atoms with E-state index in [1.54, 1.807) is 31.2 Å². The van der Waals surface area contributed by atoms with Gasteiger partial charge in [-0.2, -0.15) is 0 Å². The van der Waals surface area contributed by atoms with Crippen LogP contribution in [0.3, 0.4) is 0 Å². The Morgan fingerprint density at radius 2 is 1.74 bits per heavy atom. The molecule has 1 aromatic heterocycles. The van der Waals surface area contributed by atoms with Crippen LogP contribution in [0.25, 0.3) is 10.9 Å². The Balaban J connectivity index is 2.46. The minimum Gasteiger partial charge on any atom is -0.323 e. The molecule has 5 N–H and O–H groups in total. The Bertz CT molecular complexity index is 1070. The standard InChI is InChI=1S/C20H31ClN4O7P2/c1-4-24(5-2)12-6-7-14(3)25(19(26)23-20(33(27,28)29)34(30,31)32)18-10-11-22-17-13-15(21)8-9-16(17)18/h8-11,13-14,20H,4-7,12H2,1-3H3,(H,23,26)(H2,27,28,29)(H2,30,31,32). The molecular formula is C20H31ClN4O7P2. The molecule has 1 aromatic carbocycles. The zero-order valence-electron chi connectivity index (χ0n) is 19.2. The third kappa shape index (κ3) is 7.47. The molecule has 34 heavy (non-hydrogen) atoms. The number of anilines is 1. The second-order valence-electron chi connectivity index (χ2n) is 7.88. The number of hydrogen-bond donors (Lipinski definition) is 5. The van der Waals surface area contributed by atoms with Gasteiger partial charge in [-0.15, -0.1) is 0 Å². The Hall–Kier alpha value is -1.55. The largest absolute Gasteiger partial charge is 0.360 e. The molecule has 0 saturated heterocycles. The van der Waals surface area contributed by atoms with Gasteiger partial charge in [-0.25, -0.2) is 4.79 Å². The lowest BCUT2D eigenvalue weighted by Gasteiger charge is -2.33. The first kappa shape index (κ1) is 28.7. The van der Waals surface area contributed by atoms with Crippen molar-refractivity contribution in [1.82, 2.24) is 15.2 Å². The average molecular weight is 537 g/mol. The first-order chi connectivity index (χ1) is 15.8. The van der Waals surface area contributed by atoms with Gasteiger partial charge in [0.2, 0.25) is 5.52 Å². The summed E-state index contributed by atoms with van der Waals surface area (Å²) in [7, 11) is -10.7. The van der Waals surface area contributed by atoms with Crippen LogP contribution in [0, 0.1) is 0 Å². The predicted molar refractivity (Wildman–Crippen MR) is 132 cm³/mol. The number of aromatic nitrogens is 1. The summed E-state index contributed by atoms with van der Waals surface area (Å²) < 4.78 is 23.5. The quantitative estimate of drug-likeness (QED) is 0.270. The van der Waals surface area contributed by atoms with Crippen molar-refractivity contribution in [2.45, 2.75) is 45.2 Å². The first-order valence-corrected chi connectivity index (χ1v) is 14.5. The smallest absolute Gasteiger partial charge is 0.323 e. The highest BCUT2D eigenvalue weighted by atomic mass is 35.5. The van der Waals surface area contributed by atoms with Gasteiger partial charge >= 0.3 is 21.2 Å². The Morgan fingerprint density at radius 1 is 1.12 bits per heavy atom. The number of carbonyl (C=O) groups excluding carboxylic acids is 1. The number of carbonyl (C=O) groups is 1. The first-order valence-electron chi connectivity index (χ1n) is 10.8. The van der Waals surface area contributed by atoms with Crippen LogP contribution < -0.4 is 10.2 Å². The Kier molecular flexibility index (Phi) is 10.1. The average Bonchev–Trinajstić information content (AvgIpc) is 2.73. The lowest BCUT2D eigenvalue weighted by atomic mass is 10.1. The monoisotopic (exact) mass is 536 g/mol. The highest BCUT2D eigenvalue weighted by Gasteiger charge is 2.45. The summed E-state index contributed by atoms with van der Waals surface area (Å²) in [6.07, 6.45) is 2.71. The van der Waals surface area contributed by atoms with Crippen molar-refractivity contribution >= 4 is 49.4 Å². The van der Waals surface area contributed by atoms with E-state index in [1.165, 1.54) is 11.1 Å². The molecule has 190 valence electrons. The molecule has 2 rings (SSSR count). The van der Waals surface area contributed by atoms with E-state index in [9.17, 15) is 33.5 Å². The van der Waals surface area contributed by atoms with Crippen LogP contribution >= 0.6 is 26.8 Å². The van der Waals surface area contributed by atoms with Crippen molar-refractivity contribution in [3.05, 3.63) is 35.5 Å². The van der Waals surface area contributed by atoms with Gasteiger partial charge in [0.05, 0.1) is 11.2 Å². The molecule has 0 spiro atoms. The summed E-state index contributed by atoms with van der Waals surface area (Å²) in [5, 5.41) is 2.85. The van der Waals surface area contributed by atoms with E-state index in [2.05, 4.69) is 9.88 Å². The van der Waals surface area contributed by atoms with Crippen LogP contribution in [0.4, 0.5) is 10.5 Å². The fourth-order valence-corrected chi connectivity index (χ4v) is 5.98. The number of rotatable bonds is 11. The Morgan fingerprint density at radius 3 is 2.29 bits per heavy atom.